The van der Waals surface area contributed by atoms with Gasteiger partial charge < -0.3 is 15.7 Å². The van der Waals surface area contributed by atoms with Gasteiger partial charge in [0.25, 0.3) is 0 Å². The zero-order valence-electron chi connectivity index (χ0n) is 11.0. The van der Waals surface area contributed by atoms with Crippen LogP contribution in [0.5, 0.6) is 0 Å². The SMILES string of the molecule is NC1(CC(=O)N2CC(O)(C3CC3)C2)CCCCC1. The second-order valence-electron chi connectivity index (χ2n) is 6.73. The summed E-state index contributed by atoms with van der Waals surface area (Å²) in [5.74, 6) is 0.591. The van der Waals surface area contributed by atoms with Crippen molar-refractivity contribution in [1.29, 1.82) is 0 Å². The summed E-state index contributed by atoms with van der Waals surface area (Å²) in [4.78, 5) is 14.0. The van der Waals surface area contributed by atoms with E-state index in [1.165, 1.54) is 6.42 Å². The molecule has 4 nitrogen and oxygen atoms in total. The van der Waals surface area contributed by atoms with Gasteiger partial charge in [0.05, 0.1) is 13.1 Å². The third-order valence-corrected chi connectivity index (χ3v) is 4.97. The lowest BCUT2D eigenvalue weighted by molar-refractivity contribution is -0.160. The highest BCUT2D eigenvalue weighted by atomic mass is 16.3. The molecule has 1 amide bonds. The Labute approximate surface area is 109 Å². The van der Waals surface area contributed by atoms with Crippen molar-refractivity contribution >= 4 is 5.91 Å². The molecule has 0 bridgehead atoms. The van der Waals surface area contributed by atoms with E-state index in [0.717, 1.165) is 38.5 Å². The Balaban J connectivity index is 1.50. The highest BCUT2D eigenvalue weighted by Crippen LogP contribution is 2.44. The van der Waals surface area contributed by atoms with Crippen LogP contribution in [0.15, 0.2) is 0 Å². The Bertz CT molecular complexity index is 340. The van der Waals surface area contributed by atoms with Crippen LogP contribution in [0, 0.1) is 5.92 Å². The first-order chi connectivity index (χ1) is 8.51. The molecule has 0 unspecified atom stereocenters. The summed E-state index contributed by atoms with van der Waals surface area (Å²) < 4.78 is 0. The van der Waals surface area contributed by atoms with Gasteiger partial charge in [-0.15, -0.1) is 0 Å². The summed E-state index contributed by atoms with van der Waals surface area (Å²) in [6.07, 6.45) is 8.20. The number of hydrogen-bond acceptors (Lipinski definition) is 3. The van der Waals surface area contributed by atoms with Crippen molar-refractivity contribution in [2.75, 3.05) is 13.1 Å². The lowest BCUT2D eigenvalue weighted by Crippen LogP contribution is -2.65. The van der Waals surface area contributed by atoms with Crippen molar-refractivity contribution in [3.8, 4) is 0 Å². The lowest BCUT2D eigenvalue weighted by atomic mass is 9.79. The van der Waals surface area contributed by atoms with Gasteiger partial charge in [-0.05, 0) is 31.6 Å². The van der Waals surface area contributed by atoms with E-state index in [4.69, 9.17) is 5.73 Å². The number of β-amino-alcohol motifs (C(OH)–C–C–N with tert-alkyl or cyclic N) is 1. The predicted molar refractivity (Wildman–Crippen MR) is 68.9 cm³/mol. The van der Waals surface area contributed by atoms with Crippen LogP contribution >= 0.6 is 0 Å². The van der Waals surface area contributed by atoms with Crippen LogP contribution in [0.3, 0.4) is 0 Å². The standard InChI is InChI=1S/C14H24N2O2/c15-13(6-2-1-3-7-13)8-12(17)16-9-14(18,10-16)11-4-5-11/h11,18H,1-10,15H2. The van der Waals surface area contributed by atoms with Gasteiger partial charge in [0.2, 0.25) is 5.91 Å². The topological polar surface area (TPSA) is 66.6 Å². The maximum atomic E-state index is 12.2. The third kappa shape index (κ3) is 2.28. The van der Waals surface area contributed by atoms with Gasteiger partial charge in [0.15, 0.2) is 0 Å². The molecule has 0 aromatic rings. The average Bonchev–Trinajstić information content (AvgIpc) is 3.09. The van der Waals surface area contributed by atoms with Crippen molar-refractivity contribution in [3.63, 3.8) is 0 Å². The Morgan fingerprint density at radius 2 is 1.83 bits per heavy atom. The molecule has 2 saturated carbocycles. The summed E-state index contributed by atoms with van der Waals surface area (Å²) in [7, 11) is 0. The molecule has 3 aliphatic rings. The average molecular weight is 252 g/mol. The van der Waals surface area contributed by atoms with Gasteiger partial charge in [-0.1, -0.05) is 19.3 Å². The van der Waals surface area contributed by atoms with E-state index in [2.05, 4.69) is 0 Å². The molecule has 102 valence electrons. The third-order valence-electron chi connectivity index (χ3n) is 4.97. The highest BCUT2D eigenvalue weighted by Gasteiger charge is 2.53. The fraction of sp³-hybridized carbons (Fsp3) is 0.929. The number of nitrogens with zero attached hydrogens (tertiary/aromatic N) is 1. The Kier molecular flexibility index (Phi) is 2.90. The first-order valence-corrected chi connectivity index (χ1v) is 7.30. The van der Waals surface area contributed by atoms with Crippen LogP contribution in [0.4, 0.5) is 0 Å². The molecule has 1 saturated heterocycles. The number of carbonyl (C=O) groups is 1. The van der Waals surface area contributed by atoms with Crippen molar-refractivity contribution in [3.05, 3.63) is 0 Å². The molecule has 3 N–H and O–H groups in total. The first kappa shape index (κ1) is 12.4. The molecule has 0 aromatic carbocycles. The molecule has 3 fully saturated rings. The maximum Gasteiger partial charge on any atom is 0.224 e. The largest absolute Gasteiger partial charge is 0.386 e. The number of hydrogen-bond donors (Lipinski definition) is 2. The van der Waals surface area contributed by atoms with E-state index in [1.807, 2.05) is 0 Å². The second kappa shape index (κ2) is 4.20. The summed E-state index contributed by atoms with van der Waals surface area (Å²) in [6.45, 7) is 1.07. The van der Waals surface area contributed by atoms with Crippen LogP contribution in [-0.2, 0) is 4.79 Å². The number of amides is 1. The molecule has 3 rings (SSSR count). The number of carbonyl (C=O) groups excluding carboxylic acids is 1. The van der Waals surface area contributed by atoms with E-state index >= 15 is 0 Å². The Morgan fingerprint density at radius 3 is 2.39 bits per heavy atom. The quantitative estimate of drug-likeness (QED) is 0.788. The normalized spacial score (nSPS) is 29.8. The van der Waals surface area contributed by atoms with Gasteiger partial charge in [0.1, 0.15) is 5.60 Å². The highest BCUT2D eigenvalue weighted by molar-refractivity contribution is 5.78. The van der Waals surface area contributed by atoms with Crippen LogP contribution in [0.25, 0.3) is 0 Å². The summed E-state index contributed by atoms with van der Waals surface area (Å²) in [5, 5.41) is 10.2. The fourth-order valence-electron chi connectivity index (χ4n) is 3.52. The van der Waals surface area contributed by atoms with Gasteiger partial charge in [-0.3, -0.25) is 4.79 Å². The zero-order valence-corrected chi connectivity index (χ0v) is 11.0. The molecular formula is C14H24N2O2. The Morgan fingerprint density at radius 1 is 1.22 bits per heavy atom. The second-order valence-corrected chi connectivity index (χ2v) is 6.73. The van der Waals surface area contributed by atoms with Crippen LogP contribution in [0.1, 0.15) is 51.4 Å². The number of nitrogens with two attached hydrogens (primary N) is 1. The minimum Gasteiger partial charge on any atom is -0.386 e. The summed E-state index contributed by atoms with van der Waals surface area (Å²) >= 11 is 0. The van der Waals surface area contributed by atoms with E-state index in [0.29, 0.717) is 25.4 Å². The molecule has 1 heterocycles. The smallest absolute Gasteiger partial charge is 0.224 e. The van der Waals surface area contributed by atoms with Crippen molar-refractivity contribution in [1.82, 2.24) is 4.90 Å². The molecule has 4 heteroatoms. The maximum absolute atomic E-state index is 12.2. The van der Waals surface area contributed by atoms with E-state index in [1.54, 1.807) is 4.90 Å². The summed E-state index contributed by atoms with van der Waals surface area (Å²) in [5.41, 5.74) is 5.47. The minimum absolute atomic E-state index is 0.143. The first-order valence-electron chi connectivity index (χ1n) is 7.30. The van der Waals surface area contributed by atoms with Crippen molar-refractivity contribution < 1.29 is 9.90 Å². The van der Waals surface area contributed by atoms with Crippen molar-refractivity contribution in [2.45, 2.75) is 62.5 Å². The molecule has 18 heavy (non-hydrogen) atoms. The fourth-order valence-corrected chi connectivity index (χ4v) is 3.52. The van der Waals surface area contributed by atoms with E-state index in [9.17, 15) is 9.90 Å². The number of likely N-dealkylation sites (tertiary alicyclic amines) is 1. The molecule has 0 atom stereocenters. The van der Waals surface area contributed by atoms with Gasteiger partial charge in [-0.25, -0.2) is 0 Å². The molecule has 1 aliphatic heterocycles. The molecule has 0 aromatic heterocycles. The Hall–Kier alpha value is -0.610. The lowest BCUT2D eigenvalue weighted by Gasteiger charge is -2.48. The zero-order chi connectivity index (χ0) is 12.8. The van der Waals surface area contributed by atoms with Gasteiger partial charge >= 0.3 is 0 Å². The monoisotopic (exact) mass is 252 g/mol. The molecule has 2 aliphatic carbocycles. The van der Waals surface area contributed by atoms with Crippen LogP contribution in [0.2, 0.25) is 0 Å². The van der Waals surface area contributed by atoms with E-state index in [-0.39, 0.29) is 11.4 Å². The minimum atomic E-state index is -0.565. The summed E-state index contributed by atoms with van der Waals surface area (Å²) in [6, 6.07) is 0. The predicted octanol–water partition coefficient (Wildman–Crippen LogP) is 1.02. The van der Waals surface area contributed by atoms with Crippen LogP contribution < -0.4 is 5.73 Å². The van der Waals surface area contributed by atoms with Crippen molar-refractivity contribution in [2.24, 2.45) is 11.7 Å². The van der Waals surface area contributed by atoms with Gasteiger partial charge in [0, 0.05) is 12.0 Å². The molecule has 0 spiro atoms. The molecule has 0 radical (unpaired) electrons. The van der Waals surface area contributed by atoms with E-state index < -0.39 is 5.60 Å². The van der Waals surface area contributed by atoms with Gasteiger partial charge in [-0.2, -0.15) is 0 Å². The number of rotatable bonds is 3. The van der Waals surface area contributed by atoms with Crippen LogP contribution in [-0.4, -0.2) is 40.1 Å². The number of aliphatic hydroxyl groups is 1. The molecular weight excluding hydrogens is 228 g/mol.